The van der Waals surface area contributed by atoms with Gasteiger partial charge in [0.15, 0.2) is 11.5 Å². The molecule has 0 saturated carbocycles. The van der Waals surface area contributed by atoms with Crippen molar-refractivity contribution in [2.45, 2.75) is 6.92 Å². The van der Waals surface area contributed by atoms with Gasteiger partial charge in [-0.2, -0.15) is 0 Å². The van der Waals surface area contributed by atoms with Crippen LogP contribution in [0.2, 0.25) is 0 Å². The zero-order valence-electron chi connectivity index (χ0n) is 13.8. The summed E-state index contributed by atoms with van der Waals surface area (Å²) in [5.74, 6) is 1.03. The normalized spacial score (nSPS) is 10.9. The maximum atomic E-state index is 12.1. The summed E-state index contributed by atoms with van der Waals surface area (Å²) in [6.07, 6.45) is 1.83. The largest absolute Gasteiger partial charge is 0.508 e. The third-order valence-corrected chi connectivity index (χ3v) is 3.42. The van der Waals surface area contributed by atoms with Crippen LogP contribution in [0.5, 0.6) is 17.2 Å². The van der Waals surface area contributed by atoms with Crippen LogP contribution in [0.25, 0.3) is 5.70 Å². The van der Waals surface area contributed by atoms with E-state index in [0.29, 0.717) is 22.8 Å². The van der Waals surface area contributed by atoms with Crippen LogP contribution in [0.1, 0.15) is 22.8 Å². The fraction of sp³-hybridized carbons (Fsp3) is 0.167. The molecule has 0 spiro atoms. The first-order chi connectivity index (χ1) is 11.6. The van der Waals surface area contributed by atoms with Crippen molar-refractivity contribution in [1.29, 1.82) is 0 Å². The minimum atomic E-state index is -0.310. The number of hydrogen-bond donors (Lipinski definition) is 3. The number of rotatable bonds is 6. The Kier molecular flexibility index (Phi) is 5.68. The molecule has 3 N–H and O–H groups in total. The van der Waals surface area contributed by atoms with Crippen molar-refractivity contribution in [3.8, 4) is 17.2 Å². The molecule has 0 heterocycles. The molecule has 6 heteroatoms. The van der Waals surface area contributed by atoms with E-state index in [-0.39, 0.29) is 11.7 Å². The molecule has 2 rings (SSSR count). The summed E-state index contributed by atoms with van der Waals surface area (Å²) in [6, 6.07) is 11.5. The highest BCUT2D eigenvalue weighted by Crippen LogP contribution is 2.29. The number of methoxy groups -OCH3 is 2. The monoisotopic (exact) mass is 328 g/mol. The lowest BCUT2D eigenvalue weighted by Crippen LogP contribution is -2.36. The summed E-state index contributed by atoms with van der Waals surface area (Å²) in [5, 5.41) is 9.26. The minimum absolute atomic E-state index is 0.110. The molecule has 0 aliphatic heterocycles. The molecule has 2 aromatic carbocycles. The number of allylic oxidation sites excluding steroid dienone is 1. The average molecular weight is 328 g/mol. The molecular formula is C18H20N2O4. The van der Waals surface area contributed by atoms with E-state index >= 15 is 0 Å². The quantitative estimate of drug-likeness (QED) is 0.711. The van der Waals surface area contributed by atoms with Crippen LogP contribution in [0.15, 0.2) is 48.5 Å². The van der Waals surface area contributed by atoms with Crippen LogP contribution in [-0.2, 0) is 0 Å². The fourth-order valence-corrected chi connectivity index (χ4v) is 2.12. The van der Waals surface area contributed by atoms with E-state index in [4.69, 9.17) is 9.47 Å². The van der Waals surface area contributed by atoms with Crippen molar-refractivity contribution >= 4 is 11.6 Å². The zero-order valence-corrected chi connectivity index (χ0v) is 13.8. The molecule has 126 valence electrons. The van der Waals surface area contributed by atoms with E-state index in [1.165, 1.54) is 24.3 Å². The SMILES string of the molecule is C/C=C(\NNC(=O)c1ccc(O)cc1)c1ccc(OC)c(OC)c1. The van der Waals surface area contributed by atoms with Crippen molar-refractivity contribution < 1.29 is 19.4 Å². The molecule has 0 aromatic heterocycles. The number of hydrogen-bond acceptors (Lipinski definition) is 5. The van der Waals surface area contributed by atoms with E-state index in [1.807, 2.05) is 25.1 Å². The van der Waals surface area contributed by atoms with Crippen LogP contribution in [0.3, 0.4) is 0 Å². The molecule has 0 radical (unpaired) electrons. The zero-order chi connectivity index (χ0) is 17.5. The van der Waals surface area contributed by atoms with Crippen LogP contribution < -0.4 is 20.3 Å². The van der Waals surface area contributed by atoms with Gasteiger partial charge in [0.1, 0.15) is 5.75 Å². The van der Waals surface area contributed by atoms with Crippen LogP contribution in [-0.4, -0.2) is 25.2 Å². The molecular weight excluding hydrogens is 308 g/mol. The molecule has 0 atom stereocenters. The van der Waals surface area contributed by atoms with E-state index in [1.54, 1.807) is 20.3 Å². The van der Waals surface area contributed by atoms with Gasteiger partial charge in [0.25, 0.3) is 5.91 Å². The Morgan fingerprint density at radius 3 is 2.17 bits per heavy atom. The first-order valence-electron chi connectivity index (χ1n) is 7.33. The lowest BCUT2D eigenvalue weighted by molar-refractivity contribution is 0.0942. The fourth-order valence-electron chi connectivity index (χ4n) is 2.12. The first kappa shape index (κ1) is 17.2. The van der Waals surface area contributed by atoms with Gasteiger partial charge in [-0.05, 0) is 49.4 Å². The molecule has 0 saturated heterocycles. The summed E-state index contributed by atoms with van der Waals surface area (Å²) >= 11 is 0. The van der Waals surface area contributed by atoms with E-state index in [2.05, 4.69) is 10.9 Å². The molecule has 1 amide bonds. The van der Waals surface area contributed by atoms with Crippen molar-refractivity contribution in [3.05, 3.63) is 59.7 Å². The maximum Gasteiger partial charge on any atom is 0.269 e. The number of carbonyl (C=O) groups is 1. The Bertz CT molecular complexity index is 739. The van der Waals surface area contributed by atoms with E-state index in [0.717, 1.165) is 5.56 Å². The van der Waals surface area contributed by atoms with E-state index < -0.39 is 0 Å². The summed E-state index contributed by atoms with van der Waals surface area (Å²) in [4.78, 5) is 12.1. The van der Waals surface area contributed by atoms with Gasteiger partial charge < -0.3 is 14.6 Å². The number of phenols is 1. The molecule has 6 nitrogen and oxygen atoms in total. The second-order valence-electron chi connectivity index (χ2n) is 4.90. The first-order valence-corrected chi connectivity index (χ1v) is 7.33. The van der Waals surface area contributed by atoms with Gasteiger partial charge in [0.05, 0.1) is 19.9 Å². The van der Waals surface area contributed by atoms with Gasteiger partial charge in [-0.25, -0.2) is 0 Å². The van der Waals surface area contributed by atoms with Crippen molar-refractivity contribution in [2.75, 3.05) is 14.2 Å². The number of hydrazine groups is 1. The smallest absolute Gasteiger partial charge is 0.269 e. The number of amides is 1. The predicted molar refractivity (Wildman–Crippen MR) is 91.9 cm³/mol. The number of nitrogens with one attached hydrogen (secondary N) is 2. The summed E-state index contributed by atoms with van der Waals surface area (Å²) in [6.45, 7) is 1.85. The lowest BCUT2D eigenvalue weighted by Gasteiger charge is -2.14. The highest BCUT2D eigenvalue weighted by atomic mass is 16.5. The average Bonchev–Trinajstić information content (AvgIpc) is 2.62. The number of ether oxygens (including phenoxy) is 2. The maximum absolute atomic E-state index is 12.1. The third kappa shape index (κ3) is 3.98. The van der Waals surface area contributed by atoms with Crippen molar-refractivity contribution in [2.24, 2.45) is 0 Å². The Hall–Kier alpha value is -3.15. The highest BCUT2D eigenvalue weighted by Gasteiger charge is 2.09. The molecule has 0 aliphatic rings. The third-order valence-electron chi connectivity index (χ3n) is 3.42. The number of aromatic hydroxyl groups is 1. The Morgan fingerprint density at radius 2 is 1.58 bits per heavy atom. The van der Waals surface area contributed by atoms with Gasteiger partial charge in [-0.1, -0.05) is 6.08 Å². The molecule has 2 aromatic rings. The lowest BCUT2D eigenvalue weighted by atomic mass is 10.1. The van der Waals surface area contributed by atoms with Gasteiger partial charge in [0, 0.05) is 11.1 Å². The van der Waals surface area contributed by atoms with Gasteiger partial charge in [0.2, 0.25) is 0 Å². The number of phenolic OH excluding ortho intramolecular Hbond substituents is 1. The molecule has 0 fully saturated rings. The van der Waals surface area contributed by atoms with Crippen LogP contribution in [0.4, 0.5) is 0 Å². The summed E-state index contributed by atoms with van der Waals surface area (Å²) < 4.78 is 10.5. The van der Waals surface area contributed by atoms with Crippen molar-refractivity contribution in [1.82, 2.24) is 10.9 Å². The minimum Gasteiger partial charge on any atom is -0.508 e. The Labute approximate surface area is 140 Å². The molecule has 0 unspecified atom stereocenters. The topological polar surface area (TPSA) is 79.8 Å². The second kappa shape index (κ2) is 7.92. The van der Waals surface area contributed by atoms with Gasteiger partial charge in [-0.15, -0.1) is 0 Å². The van der Waals surface area contributed by atoms with Crippen LogP contribution >= 0.6 is 0 Å². The molecule has 0 aliphatic carbocycles. The summed E-state index contributed by atoms with van der Waals surface area (Å²) in [7, 11) is 3.14. The number of benzene rings is 2. The second-order valence-corrected chi connectivity index (χ2v) is 4.90. The van der Waals surface area contributed by atoms with Crippen molar-refractivity contribution in [3.63, 3.8) is 0 Å². The Balaban J connectivity index is 2.10. The standard InChI is InChI=1S/C18H20N2O4/c1-4-15(13-7-10-16(23-2)17(11-13)24-3)19-20-18(22)12-5-8-14(21)9-6-12/h4-11,19,21H,1-3H3,(H,20,22)/b15-4-. The highest BCUT2D eigenvalue weighted by molar-refractivity contribution is 5.94. The number of carbonyl (C=O) groups excluding carboxylic acids is 1. The van der Waals surface area contributed by atoms with E-state index in [9.17, 15) is 9.90 Å². The molecule has 24 heavy (non-hydrogen) atoms. The Morgan fingerprint density at radius 1 is 0.958 bits per heavy atom. The predicted octanol–water partition coefficient (Wildman–Crippen LogP) is 2.70. The van der Waals surface area contributed by atoms with Gasteiger partial charge >= 0.3 is 0 Å². The van der Waals surface area contributed by atoms with Crippen LogP contribution in [0, 0.1) is 0 Å². The van der Waals surface area contributed by atoms with Gasteiger partial charge in [-0.3, -0.25) is 15.6 Å². The molecule has 0 bridgehead atoms. The summed E-state index contributed by atoms with van der Waals surface area (Å²) in [5.41, 5.74) is 7.49.